The Hall–Kier alpha value is -3.26. The molecular weight excluding hydrogens is 401 g/mol. The summed E-state index contributed by atoms with van der Waals surface area (Å²) in [4.78, 5) is 17.6. The molecule has 0 saturated heterocycles. The number of thiazole rings is 1. The highest BCUT2D eigenvalue weighted by Crippen LogP contribution is 2.30. The van der Waals surface area contributed by atoms with Crippen LogP contribution in [0.15, 0.2) is 60.9 Å². The zero-order chi connectivity index (χ0) is 20.5. The standard InChI is InChI=1S/C22H20FN5OS/c23-14-9-10-18-20(13-14)30-22(27-18)26-17-7-3-6-16(17)25-21(29)15-5-1-2-8-19(15)28-12-4-11-24-28/h1-2,4-5,8-13,16-17H,3,6-7H2,(H,25,29)(H,26,27)/t16-,17+/m1/s1. The number of amides is 1. The van der Waals surface area contributed by atoms with Crippen LogP contribution in [0, 0.1) is 5.82 Å². The Morgan fingerprint density at radius 3 is 2.87 bits per heavy atom. The third-order valence-corrected chi connectivity index (χ3v) is 6.34. The monoisotopic (exact) mass is 421 g/mol. The average molecular weight is 422 g/mol. The molecule has 6 nitrogen and oxygen atoms in total. The second-order valence-electron chi connectivity index (χ2n) is 7.36. The van der Waals surface area contributed by atoms with E-state index in [-0.39, 0.29) is 23.8 Å². The Kier molecular flexibility index (Phi) is 4.92. The number of benzene rings is 2. The van der Waals surface area contributed by atoms with Crippen LogP contribution in [0.2, 0.25) is 0 Å². The van der Waals surface area contributed by atoms with Crippen molar-refractivity contribution in [2.75, 3.05) is 5.32 Å². The predicted molar refractivity (Wildman–Crippen MR) is 116 cm³/mol. The molecule has 2 aromatic carbocycles. The Morgan fingerprint density at radius 2 is 2.00 bits per heavy atom. The number of halogens is 1. The molecule has 8 heteroatoms. The van der Waals surface area contributed by atoms with E-state index in [0.717, 1.165) is 40.3 Å². The number of hydrogen-bond acceptors (Lipinski definition) is 5. The van der Waals surface area contributed by atoms with Crippen LogP contribution in [0.25, 0.3) is 15.9 Å². The summed E-state index contributed by atoms with van der Waals surface area (Å²) in [5.41, 5.74) is 2.11. The number of carbonyl (C=O) groups is 1. The van der Waals surface area contributed by atoms with E-state index in [0.29, 0.717) is 5.56 Å². The molecular formula is C22H20FN5OS. The summed E-state index contributed by atoms with van der Waals surface area (Å²) in [6.45, 7) is 0. The summed E-state index contributed by atoms with van der Waals surface area (Å²) in [6, 6.07) is 13.9. The van der Waals surface area contributed by atoms with E-state index < -0.39 is 0 Å². The molecule has 0 spiro atoms. The second-order valence-corrected chi connectivity index (χ2v) is 8.39. The van der Waals surface area contributed by atoms with Crippen molar-refractivity contribution in [3.8, 4) is 5.69 Å². The molecule has 1 aliphatic carbocycles. The van der Waals surface area contributed by atoms with Gasteiger partial charge in [0.25, 0.3) is 5.91 Å². The van der Waals surface area contributed by atoms with Crippen molar-refractivity contribution in [3.05, 3.63) is 72.3 Å². The molecule has 1 saturated carbocycles. The summed E-state index contributed by atoms with van der Waals surface area (Å²) in [5, 5.41) is 11.6. The van der Waals surface area contributed by atoms with Crippen LogP contribution in [0.1, 0.15) is 29.6 Å². The third kappa shape index (κ3) is 3.66. The highest BCUT2D eigenvalue weighted by molar-refractivity contribution is 7.22. The largest absolute Gasteiger partial charge is 0.357 e. The molecule has 2 heterocycles. The number of para-hydroxylation sites is 1. The van der Waals surface area contributed by atoms with Crippen LogP contribution < -0.4 is 10.6 Å². The molecule has 0 aliphatic heterocycles. The first-order valence-corrected chi connectivity index (χ1v) is 10.7. The molecule has 1 aliphatic rings. The third-order valence-electron chi connectivity index (χ3n) is 5.39. The van der Waals surface area contributed by atoms with Crippen molar-refractivity contribution in [2.24, 2.45) is 0 Å². The first kappa shape index (κ1) is 18.7. The lowest BCUT2D eigenvalue weighted by molar-refractivity contribution is 0.0935. The van der Waals surface area contributed by atoms with Gasteiger partial charge in [-0.3, -0.25) is 4.79 Å². The Balaban J connectivity index is 1.33. The lowest BCUT2D eigenvalue weighted by Gasteiger charge is -2.22. The molecule has 152 valence electrons. The minimum absolute atomic E-state index is 0.00748. The van der Waals surface area contributed by atoms with Gasteiger partial charge < -0.3 is 10.6 Å². The molecule has 0 bridgehead atoms. The van der Waals surface area contributed by atoms with Gasteiger partial charge in [-0.15, -0.1) is 0 Å². The lowest BCUT2D eigenvalue weighted by Crippen LogP contribution is -2.43. The minimum Gasteiger partial charge on any atom is -0.357 e. The molecule has 2 aromatic heterocycles. The molecule has 1 amide bonds. The molecule has 4 aromatic rings. The van der Waals surface area contributed by atoms with Crippen LogP contribution in [0.3, 0.4) is 0 Å². The minimum atomic E-state index is -0.264. The highest BCUT2D eigenvalue weighted by Gasteiger charge is 2.30. The van der Waals surface area contributed by atoms with Crippen LogP contribution in [0.5, 0.6) is 0 Å². The van der Waals surface area contributed by atoms with Gasteiger partial charge in [-0.05, 0) is 55.7 Å². The Bertz CT molecular complexity index is 1190. The van der Waals surface area contributed by atoms with Crippen molar-refractivity contribution in [3.63, 3.8) is 0 Å². The van der Waals surface area contributed by atoms with Crippen LogP contribution in [0.4, 0.5) is 9.52 Å². The summed E-state index contributed by atoms with van der Waals surface area (Å²) in [7, 11) is 0. The number of rotatable bonds is 5. The van der Waals surface area contributed by atoms with Crippen LogP contribution in [-0.4, -0.2) is 32.8 Å². The summed E-state index contributed by atoms with van der Waals surface area (Å²) < 4.78 is 16.0. The average Bonchev–Trinajstić information content (AvgIpc) is 3.49. The second kappa shape index (κ2) is 7.87. The first-order chi connectivity index (χ1) is 14.7. The van der Waals surface area contributed by atoms with Crippen molar-refractivity contribution in [1.82, 2.24) is 20.1 Å². The highest BCUT2D eigenvalue weighted by atomic mass is 32.1. The van der Waals surface area contributed by atoms with Gasteiger partial charge in [0.05, 0.1) is 21.5 Å². The van der Waals surface area contributed by atoms with Gasteiger partial charge in [-0.25, -0.2) is 14.1 Å². The van der Waals surface area contributed by atoms with Crippen molar-refractivity contribution in [1.29, 1.82) is 0 Å². The van der Waals surface area contributed by atoms with Gasteiger partial charge >= 0.3 is 0 Å². The molecule has 1 fully saturated rings. The number of carbonyl (C=O) groups excluding carboxylic acids is 1. The lowest BCUT2D eigenvalue weighted by atomic mass is 10.1. The topological polar surface area (TPSA) is 71.8 Å². The van der Waals surface area contributed by atoms with E-state index in [2.05, 4.69) is 20.7 Å². The number of nitrogens with zero attached hydrogens (tertiary/aromatic N) is 3. The van der Waals surface area contributed by atoms with E-state index in [1.54, 1.807) is 16.9 Å². The molecule has 0 unspecified atom stereocenters. The summed E-state index contributed by atoms with van der Waals surface area (Å²) in [6.07, 6.45) is 6.36. The normalized spacial score (nSPS) is 18.6. The van der Waals surface area contributed by atoms with Gasteiger partial charge in [0.15, 0.2) is 5.13 Å². The molecule has 2 atom stereocenters. The number of nitrogens with one attached hydrogen (secondary N) is 2. The van der Waals surface area contributed by atoms with Gasteiger partial charge in [-0.1, -0.05) is 23.5 Å². The van der Waals surface area contributed by atoms with Crippen molar-refractivity contribution >= 4 is 32.6 Å². The van der Waals surface area contributed by atoms with E-state index in [1.807, 2.05) is 36.5 Å². The smallest absolute Gasteiger partial charge is 0.253 e. The zero-order valence-corrected chi connectivity index (χ0v) is 16.9. The fraction of sp³-hybridized carbons (Fsp3) is 0.227. The zero-order valence-electron chi connectivity index (χ0n) is 16.1. The maximum atomic E-state index is 13.5. The van der Waals surface area contributed by atoms with Gasteiger partial charge in [0.1, 0.15) is 5.82 Å². The first-order valence-electron chi connectivity index (χ1n) is 9.90. The fourth-order valence-corrected chi connectivity index (χ4v) is 4.90. The van der Waals surface area contributed by atoms with Gasteiger partial charge in [0, 0.05) is 24.5 Å². The number of fused-ring (bicyclic) bond motifs is 1. The summed E-state index contributed by atoms with van der Waals surface area (Å²) >= 11 is 1.43. The van der Waals surface area contributed by atoms with E-state index in [4.69, 9.17) is 0 Å². The number of anilines is 1. The van der Waals surface area contributed by atoms with Crippen molar-refractivity contribution < 1.29 is 9.18 Å². The van der Waals surface area contributed by atoms with Gasteiger partial charge in [0.2, 0.25) is 0 Å². The SMILES string of the molecule is O=C(N[C@@H]1CCC[C@@H]1Nc1nc2ccc(F)cc2s1)c1ccccc1-n1cccn1. The molecule has 0 radical (unpaired) electrons. The van der Waals surface area contributed by atoms with Crippen LogP contribution in [-0.2, 0) is 0 Å². The van der Waals surface area contributed by atoms with Crippen molar-refractivity contribution in [2.45, 2.75) is 31.3 Å². The van der Waals surface area contributed by atoms with E-state index in [9.17, 15) is 9.18 Å². The Labute approximate surface area is 176 Å². The van der Waals surface area contributed by atoms with E-state index in [1.165, 1.54) is 23.5 Å². The molecule has 2 N–H and O–H groups in total. The maximum Gasteiger partial charge on any atom is 0.253 e. The summed E-state index contributed by atoms with van der Waals surface area (Å²) in [5.74, 6) is -0.384. The number of hydrogen-bond donors (Lipinski definition) is 2. The molecule has 5 rings (SSSR count). The predicted octanol–water partition coefficient (Wildman–Crippen LogP) is 4.38. The molecule has 30 heavy (non-hydrogen) atoms. The maximum absolute atomic E-state index is 13.5. The van der Waals surface area contributed by atoms with Gasteiger partial charge in [-0.2, -0.15) is 5.10 Å². The fourth-order valence-electron chi connectivity index (χ4n) is 3.95. The van der Waals surface area contributed by atoms with Crippen LogP contribution >= 0.6 is 11.3 Å². The quantitative estimate of drug-likeness (QED) is 0.502. The van der Waals surface area contributed by atoms with E-state index >= 15 is 0 Å². The Morgan fingerprint density at radius 1 is 1.13 bits per heavy atom. The number of aromatic nitrogens is 3.